The minimum atomic E-state index is 0.688. The number of hydrogen-bond acceptors (Lipinski definition) is 5. The fourth-order valence-corrected chi connectivity index (χ4v) is 1.59. The van der Waals surface area contributed by atoms with E-state index < -0.39 is 0 Å². The predicted octanol–water partition coefficient (Wildman–Crippen LogP) is 0.402. The third-order valence-corrected chi connectivity index (χ3v) is 2.45. The Morgan fingerprint density at radius 2 is 2.20 bits per heavy atom. The number of ether oxygens (including phenoxy) is 1. The number of aryl methyl sites for hydroxylation is 1. The number of hydrogen-bond donors (Lipinski definition) is 1. The van der Waals surface area contributed by atoms with Gasteiger partial charge in [0, 0.05) is 19.5 Å². The van der Waals surface area contributed by atoms with Crippen LogP contribution in [0.5, 0.6) is 0 Å². The summed E-state index contributed by atoms with van der Waals surface area (Å²) in [6.07, 6.45) is 3.60. The number of nitrogens with zero attached hydrogens (tertiary/aromatic N) is 2. The van der Waals surface area contributed by atoms with Gasteiger partial charge in [0.15, 0.2) is 0 Å². The SMILES string of the molecule is NCCCc1cnc(N2CCOCC2)o1. The number of oxazole rings is 1. The predicted molar refractivity (Wildman–Crippen MR) is 56.9 cm³/mol. The van der Waals surface area contributed by atoms with Crippen molar-refractivity contribution in [3.63, 3.8) is 0 Å². The lowest BCUT2D eigenvalue weighted by Crippen LogP contribution is -2.36. The molecule has 0 aromatic carbocycles. The summed E-state index contributed by atoms with van der Waals surface area (Å²) in [7, 11) is 0. The van der Waals surface area contributed by atoms with Gasteiger partial charge in [0.05, 0.1) is 19.4 Å². The zero-order valence-electron chi connectivity index (χ0n) is 8.82. The minimum absolute atomic E-state index is 0.688. The highest BCUT2D eigenvalue weighted by molar-refractivity contribution is 5.26. The first-order valence-corrected chi connectivity index (χ1v) is 5.37. The topological polar surface area (TPSA) is 64.5 Å². The maximum atomic E-state index is 5.63. The molecule has 1 aromatic heterocycles. The molecular formula is C10H17N3O2. The molecule has 0 aliphatic carbocycles. The summed E-state index contributed by atoms with van der Waals surface area (Å²) >= 11 is 0. The Bertz CT molecular complexity index is 295. The van der Waals surface area contributed by atoms with E-state index in [2.05, 4.69) is 9.88 Å². The van der Waals surface area contributed by atoms with E-state index in [1.165, 1.54) is 0 Å². The highest BCUT2D eigenvalue weighted by Crippen LogP contribution is 2.16. The number of nitrogens with two attached hydrogens (primary N) is 1. The van der Waals surface area contributed by atoms with Gasteiger partial charge in [0.25, 0.3) is 6.01 Å². The zero-order chi connectivity index (χ0) is 10.5. The lowest BCUT2D eigenvalue weighted by atomic mass is 10.3. The molecule has 0 radical (unpaired) electrons. The van der Waals surface area contributed by atoms with Gasteiger partial charge < -0.3 is 19.8 Å². The standard InChI is InChI=1S/C10H17N3O2/c11-3-1-2-9-8-12-10(15-9)13-4-6-14-7-5-13/h8H,1-7,11H2. The van der Waals surface area contributed by atoms with Gasteiger partial charge in [0.1, 0.15) is 5.76 Å². The summed E-state index contributed by atoms with van der Waals surface area (Å²) in [5.74, 6) is 0.918. The largest absolute Gasteiger partial charge is 0.429 e. The lowest BCUT2D eigenvalue weighted by Gasteiger charge is -2.24. The van der Waals surface area contributed by atoms with Crippen molar-refractivity contribution in [3.8, 4) is 0 Å². The minimum Gasteiger partial charge on any atom is -0.429 e. The molecular weight excluding hydrogens is 194 g/mol. The van der Waals surface area contributed by atoms with Crippen molar-refractivity contribution in [2.75, 3.05) is 37.7 Å². The molecule has 15 heavy (non-hydrogen) atoms. The first-order chi connectivity index (χ1) is 7.40. The van der Waals surface area contributed by atoms with Gasteiger partial charge in [-0.25, -0.2) is 4.98 Å². The second kappa shape index (κ2) is 5.14. The molecule has 1 saturated heterocycles. The molecule has 1 fully saturated rings. The zero-order valence-corrected chi connectivity index (χ0v) is 8.82. The second-order valence-corrected chi connectivity index (χ2v) is 3.60. The molecule has 0 amide bonds. The first-order valence-electron chi connectivity index (χ1n) is 5.37. The Kier molecular flexibility index (Phi) is 3.58. The van der Waals surface area contributed by atoms with Crippen LogP contribution < -0.4 is 10.6 Å². The van der Waals surface area contributed by atoms with Crippen LogP contribution in [0.25, 0.3) is 0 Å². The molecule has 2 N–H and O–H groups in total. The molecule has 0 bridgehead atoms. The number of rotatable bonds is 4. The molecule has 2 rings (SSSR count). The third-order valence-electron chi connectivity index (χ3n) is 2.45. The van der Waals surface area contributed by atoms with Crippen LogP contribution in [0.2, 0.25) is 0 Å². The van der Waals surface area contributed by atoms with E-state index in [4.69, 9.17) is 14.9 Å². The molecule has 0 spiro atoms. The second-order valence-electron chi connectivity index (χ2n) is 3.60. The molecule has 1 aliphatic rings. The Morgan fingerprint density at radius 3 is 2.93 bits per heavy atom. The van der Waals surface area contributed by atoms with Crippen LogP contribution in [0, 0.1) is 0 Å². The molecule has 1 aromatic rings. The summed E-state index contributed by atoms with van der Waals surface area (Å²) in [6, 6.07) is 0.713. The average Bonchev–Trinajstić information content (AvgIpc) is 2.76. The number of anilines is 1. The summed E-state index contributed by atoms with van der Waals surface area (Å²) in [6.45, 7) is 3.91. The Labute approximate surface area is 89.2 Å². The number of morpholine rings is 1. The van der Waals surface area contributed by atoms with Crippen molar-refractivity contribution in [2.24, 2.45) is 5.73 Å². The summed E-state index contributed by atoms with van der Waals surface area (Å²) in [5, 5.41) is 0. The Balaban J connectivity index is 1.93. The van der Waals surface area contributed by atoms with Crippen molar-refractivity contribution in [1.29, 1.82) is 0 Å². The van der Waals surface area contributed by atoms with E-state index in [-0.39, 0.29) is 0 Å². The fourth-order valence-electron chi connectivity index (χ4n) is 1.59. The molecule has 84 valence electrons. The van der Waals surface area contributed by atoms with Crippen LogP contribution in [-0.4, -0.2) is 37.8 Å². The molecule has 0 saturated carbocycles. The van der Waals surface area contributed by atoms with Crippen molar-refractivity contribution in [1.82, 2.24) is 4.98 Å². The summed E-state index contributed by atoms with van der Waals surface area (Å²) in [5.41, 5.74) is 5.44. The van der Waals surface area contributed by atoms with E-state index in [0.717, 1.165) is 44.9 Å². The van der Waals surface area contributed by atoms with Crippen molar-refractivity contribution in [3.05, 3.63) is 12.0 Å². The van der Waals surface area contributed by atoms with E-state index in [0.29, 0.717) is 12.6 Å². The molecule has 0 atom stereocenters. The van der Waals surface area contributed by atoms with Crippen molar-refractivity contribution >= 4 is 6.01 Å². The van der Waals surface area contributed by atoms with Crippen LogP contribution in [0.4, 0.5) is 6.01 Å². The fraction of sp³-hybridized carbons (Fsp3) is 0.700. The summed E-state index contributed by atoms with van der Waals surface area (Å²) in [4.78, 5) is 6.36. The maximum absolute atomic E-state index is 5.63. The molecule has 2 heterocycles. The van der Waals surface area contributed by atoms with Gasteiger partial charge in [-0.2, -0.15) is 0 Å². The molecule has 5 heteroatoms. The number of aromatic nitrogens is 1. The van der Waals surface area contributed by atoms with Crippen LogP contribution in [-0.2, 0) is 11.2 Å². The average molecular weight is 211 g/mol. The molecule has 5 nitrogen and oxygen atoms in total. The Hall–Kier alpha value is -1.07. The normalized spacial score (nSPS) is 17.0. The molecule has 1 aliphatic heterocycles. The van der Waals surface area contributed by atoms with Crippen LogP contribution in [0.1, 0.15) is 12.2 Å². The highest BCUT2D eigenvalue weighted by atomic mass is 16.5. The van der Waals surface area contributed by atoms with Gasteiger partial charge in [-0.1, -0.05) is 0 Å². The molecule has 0 unspecified atom stereocenters. The van der Waals surface area contributed by atoms with Gasteiger partial charge in [-0.3, -0.25) is 0 Å². The van der Waals surface area contributed by atoms with Crippen LogP contribution >= 0.6 is 0 Å². The highest BCUT2D eigenvalue weighted by Gasteiger charge is 2.15. The monoisotopic (exact) mass is 211 g/mol. The van der Waals surface area contributed by atoms with Gasteiger partial charge >= 0.3 is 0 Å². The quantitative estimate of drug-likeness (QED) is 0.781. The van der Waals surface area contributed by atoms with E-state index in [9.17, 15) is 0 Å². The van der Waals surface area contributed by atoms with E-state index in [1.807, 2.05) is 0 Å². The van der Waals surface area contributed by atoms with Crippen LogP contribution in [0.3, 0.4) is 0 Å². The van der Waals surface area contributed by atoms with Crippen molar-refractivity contribution in [2.45, 2.75) is 12.8 Å². The van der Waals surface area contributed by atoms with E-state index >= 15 is 0 Å². The maximum Gasteiger partial charge on any atom is 0.297 e. The first kappa shape index (κ1) is 10.4. The summed E-state index contributed by atoms with van der Waals surface area (Å²) < 4.78 is 10.9. The van der Waals surface area contributed by atoms with Gasteiger partial charge in [-0.15, -0.1) is 0 Å². The van der Waals surface area contributed by atoms with Gasteiger partial charge in [0.2, 0.25) is 0 Å². The van der Waals surface area contributed by atoms with Crippen molar-refractivity contribution < 1.29 is 9.15 Å². The van der Waals surface area contributed by atoms with Crippen LogP contribution in [0.15, 0.2) is 10.6 Å². The van der Waals surface area contributed by atoms with E-state index in [1.54, 1.807) is 6.20 Å². The lowest BCUT2D eigenvalue weighted by molar-refractivity contribution is 0.120. The Morgan fingerprint density at radius 1 is 1.40 bits per heavy atom. The van der Waals surface area contributed by atoms with Gasteiger partial charge in [-0.05, 0) is 13.0 Å². The smallest absolute Gasteiger partial charge is 0.297 e. The third kappa shape index (κ3) is 2.70.